The molecule has 0 saturated carbocycles. The normalized spacial score (nSPS) is 11.3. The summed E-state index contributed by atoms with van der Waals surface area (Å²) in [6, 6.07) is 29.1. The zero-order valence-corrected chi connectivity index (χ0v) is 20.9. The monoisotopic (exact) mass is 514 g/mol. The van der Waals surface area contributed by atoms with Crippen molar-refractivity contribution in [2.75, 3.05) is 5.32 Å². The Morgan fingerprint density at radius 3 is 2.66 bits per heavy atom. The van der Waals surface area contributed by atoms with E-state index >= 15 is 0 Å². The largest absolute Gasteiger partial charge is 0.322 e. The topological polar surface area (TPSA) is 99.3 Å². The number of hydrogen-bond donors (Lipinski definition) is 3. The van der Waals surface area contributed by atoms with Crippen molar-refractivity contribution in [3.63, 3.8) is 0 Å². The molecule has 38 heavy (non-hydrogen) atoms. The molecule has 0 aliphatic rings. The predicted molar refractivity (Wildman–Crippen MR) is 152 cm³/mol. The highest BCUT2D eigenvalue weighted by molar-refractivity contribution is 7.99. The van der Waals surface area contributed by atoms with Gasteiger partial charge in [-0.3, -0.25) is 20.0 Å². The van der Waals surface area contributed by atoms with Gasteiger partial charge in [-0.05, 0) is 72.8 Å². The first-order chi connectivity index (χ1) is 18.7. The van der Waals surface area contributed by atoms with Gasteiger partial charge < -0.3 is 5.32 Å². The summed E-state index contributed by atoms with van der Waals surface area (Å²) in [5, 5.41) is 18.7. The molecule has 0 saturated heterocycles. The van der Waals surface area contributed by atoms with Gasteiger partial charge in [0, 0.05) is 38.8 Å². The Bertz CT molecular complexity index is 1740. The third-order valence-electron chi connectivity index (χ3n) is 5.94. The van der Waals surface area contributed by atoms with Crippen molar-refractivity contribution in [1.82, 2.24) is 25.4 Å². The van der Waals surface area contributed by atoms with Gasteiger partial charge >= 0.3 is 0 Å². The molecule has 6 rings (SSSR count). The number of anilines is 1. The minimum atomic E-state index is -0.170. The highest BCUT2D eigenvalue weighted by Gasteiger charge is 2.14. The van der Waals surface area contributed by atoms with Gasteiger partial charge in [-0.2, -0.15) is 10.2 Å². The molecular formula is C30H22N6OS. The maximum atomic E-state index is 13.3. The molecule has 1 amide bonds. The van der Waals surface area contributed by atoms with Gasteiger partial charge in [0.2, 0.25) is 0 Å². The lowest BCUT2D eigenvalue weighted by atomic mass is 10.1. The van der Waals surface area contributed by atoms with E-state index in [9.17, 15) is 4.79 Å². The predicted octanol–water partition coefficient (Wildman–Crippen LogP) is 6.92. The zero-order chi connectivity index (χ0) is 25.7. The van der Waals surface area contributed by atoms with Gasteiger partial charge in [-0.1, -0.05) is 42.1 Å². The van der Waals surface area contributed by atoms with Crippen molar-refractivity contribution >= 4 is 46.4 Å². The summed E-state index contributed by atoms with van der Waals surface area (Å²) in [5.74, 6) is -0.170. The third kappa shape index (κ3) is 5.11. The van der Waals surface area contributed by atoms with Crippen LogP contribution >= 0.6 is 11.8 Å². The molecule has 0 bridgehead atoms. The summed E-state index contributed by atoms with van der Waals surface area (Å²) in [4.78, 5) is 19.4. The van der Waals surface area contributed by atoms with Gasteiger partial charge in [0.15, 0.2) is 0 Å². The first-order valence-corrected chi connectivity index (χ1v) is 12.8. The van der Waals surface area contributed by atoms with E-state index in [2.05, 4.69) is 30.7 Å². The zero-order valence-electron chi connectivity index (χ0n) is 20.1. The Morgan fingerprint density at radius 2 is 1.79 bits per heavy atom. The number of H-pyrrole nitrogens is 2. The van der Waals surface area contributed by atoms with Crippen LogP contribution in [0.3, 0.4) is 0 Å². The number of amides is 1. The van der Waals surface area contributed by atoms with Crippen molar-refractivity contribution in [2.45, 2.75) is 9.79 Å². The van der Waals surface area contributed by atoms with Crippen LogP contribution in [0.25, 0.3) is 34.3 Å². The molecule has 0 atom stereocenters. The number of rotatable bonds is 7. The summed E-state index contributed by atoms with van der Waals surface area (Å²) in [5.41, 5.74) is 5.70. The Hall–Kier alpha value is -4.95. The highest BCUT2D eigenvalue weighted by atomic mass is 32.2. The van der Waals surface area contributed by atoms with Crippen LogP contribution in [0.4, 0.5) is 5.69 Å². The molecule has 0 aliphatic heterocycles. The molecule has 3 aromatic heterocycles. The average Bonchev–Trinajstić information content (AvgIpc) is 3.63. The molecule has 0 spiro atoms. The van der Waals surface area contributed by atoms with Crippen molar-refractivity contribution in [3.05, 3.63) is 120 Å². The molecule has 0 radical (unpaired) electrons. The van der Waals surface area contributed by atoms with E-state index in [1.54, 1.807) is 12.4 Å². The van der Waals surface area contributed by atoms with Crippen LogP contribution < -0.4 is 5.32 Å². The molecule has 0 aliphatic carbocycles. The van der Waals surface area contributed by atoms with Crippen LogP contribution in [-0.2, 0) is 0 Å². The van der Waals surface area contributed by atoms with Crippen LogP contribution in [0.15, 0.2) is 113 Å². The Morgan fingerprint density at radius 1 is 0.868 bits per heavy atom. The van der Waals surface area contributed by atoms with E-state index in [-0.39, 0.29) is 5.91 Å². The second kappa shape index (κ2) is 10.6. The average molecular weight is 515 g/mol. The molecule has 184 valence electrons. The molecule has 0 unspecified atom stereocenters. The number of carbonyl (C=O) groups excluding carboxylic acids is 1. The smallest absolute Gasteiger partial charge is 0.256 e. The Labute approximate surface area is 223 Å². The summed E-state index contributed by atoms with van der Waals surface area (Å²) < 4.78 is 0. The first kappa shape index (κ1) is 23.4. The van der Waals surface area contributed by atoms with E-state index in [0.717, 1.165) is 43.3 Å². The maximum Gasteiger partial charge on any atom is 0.256 e. The fraction of sp³-hybridized carbons (Fsp3) is 0. The van der Waals surface area contributed by atoms with Crippen LogP contribution in [-0.4, -0.2) is 31.3 Å². The van der Waals surface area contributed by atoms with Gasteiger partial charge in [-0.25, -0.2) is 0 Å². The fourth-order valence-electron chi connectivity index (χ4n) is 4.10. The second-order valence-corrected chi connectivity index (χ2v) is 9.61. The summed E-state index contributed by atoms with van der Waals surface area (Å²) in [6.45, 7) is 0. The molecular weight excluding hydrogens is 492 g/mol. The van der Waals surface area contributed by atoms with Crippen molar-refractivity contribution in [3.8, 4) is 11.3 Å². The second-order valence-electron chi connectivity index (χ2n) is 8.50. The van der Waals surface area contributed by atoms with E-state index in [1.807, 2.05) is 103 Å². The number of hydrogen-bond acceptors (Lipinski definition) is 5. The lowest BCUT2D eigenvalue weighted by Crippen LogP contribution is -2.13. The SMILES string of the molecule is O=C(Nc1cccc(-c2cc[nH]n2)c1)c1ccccc1Sc1ccc2c(/C=C/c3ccccn3)n[nH]c2c1. The minimum Gasteiger partial charge on any atom is -0.322 e. The maximum absolute atomic E-state index is 13.3. The number of nitrogens with one attached hydrogen (secondary N) is 3. The third-order valence-corrected chi connectivity index (χ3v) is 7.01. The lowest BCUT2D eigenvalue weighted by Gasteiger charge is -2.11. The van der Waals surface area contributed by atoms with E-state index in [0.29, 0.717) is 11.3 Å². The van der Waals surface area contributed by atoms with Crippen LogP contribution in [0, 0.1) is 0 Å². The molecule has 7 nitrogen and oxygen atoms in total. The minimum absolute atomic E-state index is 0.170. The molecule has 8 heteroatoms. The van der Waals surface area contributed by atoms with E-state index in [1.165, 1.54) is 11.8 Å². The van der Waals surface area contributed by atoms with Gasteiger partial charge in [0.05, 0.1) is 28.2 Å². The standard InChI is InChI=1S/C30H22N6OS/c37-30(33-22-8-5-6-20(18-22)26-15-17-32-34-26)25-9-1-2-10-29(25)38-23-12-13-24-27(35-36-28(24)19-23)14-11-21-7-3-4-16-31-21/h1-19H,(H,32,34)(H,33,37)(H,35,36)/b14-11+. The lowest BCUT2D eigenvalue weighted by molar-refractivity contribution is 0.102. The summed E-state index contributed by atoms with van der Waals surface area (Å²) in [6.07, 6.45) is 7.43. The van der Waals surface area contributed by atoms with Crippen molar-refractivity contribution in [1.29, 1.82) is 0 Å². The quantitative estimate of drug-likeness (QED) is 0.215. The number of aromatic amines is 2. The van der Waals surface area contributed by atoms with Gasteiger partial charge in [0.25, 0.3) is 5.91 Å². The van der Waals surface area contributed by atoms with Gasteiger partial charge in [-0.15, -0.1) is 0 Å². The molecule has 0 fully saturated rings. The Kier molecular flexibility index (Phi) is 6.53. The van der Waals surface area contributed by atoms with E-state index in [4.69, 9.17) is 0 Å². The van der Waals surface area contributed by atoms with Crippen LogP contribution in [0.1, 0.15) is 21.7 Å². The number of benzene rings is 3. The van der Waals surface area contributed by atoms with Crippen LogP contribution in [0.2, 0.25) is 0 Å². The van der Waals surface area contributed by atoms with Gasteiger partial charge in [0.1, 0.15) is 0 Å². The van der Waals surface area contributed by atoms with E-state index < -0.39 is 0 Å². The van der Waals surface area contributed by atoms with Crippen molar-refractivity contribution in [2.24, 2.45) is 0 Å². The number of pyridine rings is 1. The number of aromatic nitrogens is 5. The first-order valence-electron chi connectivity index (χ1n) is 12.0. The molecule has 3 N–H and O–H groups in total. The Balaban J connectivity index is 1.21. The molecule has 3 aromatic carbocycles. The summed E-state index contributed by atoms with van der Waals surface area (Å²) in [7, 11) is 0. The number of carbonyl (C=O) groups is 1. The number of fused-ring (bicyclic) bond motifs is 1. The number of nitrogens with zero attached hydrogens (tertiary/aromatic N) is 3. The highest BCUT2D eigenvalue weighted by Crippen LogP contribution is 2.33. The fourth-order valence-corrected chi connectivity index (χ4v) is 5.08. The molecule has 3 heterocycles. The van der Waals surface area contributed by atoms with Crippen molar-refractivity contribution < 1.29 is 4.79 Å². The summed E-state index contributed by atoms with van der Waals surface area (Å²) >= 11 is 1.54. The molecule has 6 aromatic rings. The van der Waals surface area contributed by atoms with Crippen LogP contribution in [0.5, 0.6) is 0 Å².